The van der Waals surface area contributed by atoms with E-state index in [0.717, 1.165) is 60.9 Å². The highest BCUT2D eigenvalue weighted by Crippen LogP contribution is 2.35. The van der Waals surface area contributed by atoms with Gasteiger partial charge >= 0.3 is 5.97 Å². The second-order valence-corrected chi connectivity index (χ2v) is 12.3. The minimum absolute atomic E-state index is 0.0768. The number of hydrogen-bond donors (Lipinski definition) is 4. The largest absolute Gasteiger partial charge is 0.494 e. The molecule has 4 aromatic rings. The lowest BCUT2D eigenvalue weighted by Gasteiger charge is -2.16. The van der Waals surface area contributed by atoms with E-state index in [1.165, 1.54) is 0 Å². The predicted octanol–water partition coefficient (Wildman–Crippen LogP) is 5.81. The smallest absolute Gasteiger partial charge is 0.326 e. The van der Waals surface area contributed by atoms with Crippen LogP contribution in [0, 0.1) is 33.6 Å². The predicted molar refractivity (Wildman–Crippen MR) is 176 cm³/mol. The number of aliphatic carboxylic acids is 1. The number of para-hydroxylation sites is 1. The van der Waals surface area contributed by atoms with E-state index in [9.17, 15) is 19.5 Å². The fourth-order valence-corrected chi connectivity index (χ4v) is 5.82. The van der Waals surface area contributed by atoms with Gasteiger partial charge in [-0.2, -0.15) is 5.10 Å². The number of hydrogen-bond acceptors (Lipinski definition) is 5. The number of nitrogens with one attached hydrogen (secondary N) is 3. The van der Waals surface area contributed by atoms with Crippen molar-refractivity contribution < 1.29 is 24.2 Å². The number of H-pyrrole nitrogens is 1. The lowest BCUT2D eigenvalue weighted by molar-refractivity contribution is -0.142. The van der Waals surface area contributed by atoms with E-state index >= 15 is 0 Å². The molecule has 2 amide bonds. The highest BCUT2D eigenvalue weighted by atomic mass is 35.5. The van der Waals surface area contributed by atoms with Crippen molar-refractivity contribution in [3.8, 4) is 16.9 Å². The van der Waals surface area contributed by atoms with Crippen molar-refractivity contribution in [3.63, 3.8) is 0 Å². The molecule has 0 radical (unpaired) electrons. The van der Waals surface area contributed by atoms with Gasteiger partial charge in [0.25, 0.3) is 5.91 Å². The second kappa shape index (κ2) is 14.2. The van der Waals surface area contributed by atoms with Crippen molar-refractivity contribution in [2.45, 2.75) is 66.8 Å². The van der Waals surface area contributed by atoms with Crippen molar-refractivity contribution in [1.29, 1.82) is 0 Å². The average molecular weight is 636 g/mol. The van der Waals surface area contributed by atoms with E-state index in [1.54, 1.807) is 0 Å². The lowest BCUT2D eigenvalue weighted by atomic mass is 9.98. The van der Waals surface area contributed by atoms with Crippen molar-refractivity contribution >= 4 is 40.3 Å². The number of nitrogens with zero attached hydrogens (tertiary/aromatic N) is 2. The van der Waals surface area contributed by atoms with E-state index in [4.69, 9.17) is 16.3 Å². The Morgan fingerprint density at radius 3 is 2.40 bits per heavy atom. The number of aryl methyl sites for hydroxylation is 5. The fourth-order valence-electron chi connectivity index (χ4n) is 5.71. The SMILES string of the molecule is Cc1cc(OCCCc2c(C(=O)NCC(=O)N[C@@H](CC(C)C)C(=O)O)[nH]c3c(-c4c(C)nn(C)c4C)cccc23)cc(C)c1Cl. The Labute approximate surface area is 268 Å². The van der Waals surface area contributed by atoms with Gasteiger partial charge in [0.05, 0.1) is 24.4 Å². The van der Waals surface area contributed by atoms with Crippen LogP contribution in [0.1, 0.15) is 65.3 Å². The van der Waals surface area contributed by atoms with Crippen molar-refractivity contribution in [2.75, 3.05) is 13.2 Å². The molecule has 4 N–H and O–H groups in total. The van der Waals surface area contributed by atoms with Gasteiger partial charge in [-0.05, 0) is 81.7 Å². The van der Waals surface area contributed by atoms with Crippen LogP contribution < -0.4 is 15.4 Å². The molecule has 10 nitrogen and oxygen atoms in total. The number of carbonyl (C=O) groups is 3. The number of benzene rings is 2. The Bertz CT molecular complexity index is 1720. The van der Waals surface area contributed by atoms with Crippen LogP contribution in [-0.4, -0.2) is 56.8 Å². The van der Waals surface area contributed by atoms with Crippen LogP contribution in [0.15, 0.2) is 30.3 Å². The number of halogens is 1. The first-order chi connectivity index (χ1) is 21.3. The van der Waals surface area contributed by atoms with E-state index in [-0.39, 0.29) is 18.9 Å². The summed E-state index contributed by atoms with van der Waals surface area (Å²) in [7, 11) is 1.90. The summed E-state index contributed by atoms with van der Waals surface area (Å²) < 4.78 is 7.88. The third-order valence-electron chi connectivity index (χ3n) is 7.95. The first-order valence-corrected chi connectivity index (χ1v) is 15.5. The summed E-state index contributed by atoms with van der Waals surface area (Å²) in [4.78, 5) is 41.2. The Hall–Kier alpha value is -4.31. The summed E-state index contributed by atoms with van der Waals surface area (Å²) >= 11 is 6.31. The van der Waals surface area contributed by atoms with Crippen LogP contribution in [0.4, 0.5) is 0 Å². The normalized spacial score (nSPS) is 12.0. The van der Waals surface area contributed by atoms with Crippen molar-refractivity contribution in [1.82, 2.24) is 25.4 Å². The molecule has 0 unspecified atom stereocenters. The molecule has 0 aliphatic rings. The van der Waals surface area contributed by atoms with Gasteiger partial charge < -0.3 is 25.5 Å². The Morgan fingerprint density at radius 2 is 1.80 bits per heavy atom. The molecule has 4 rings (SSSR count). The zero-order valence-electron chi connectivity index (χ0n) is 26.9. The van der Waals surface area contributed by atoms with E-state index in [1.807, 2.05) is 83.6 Å². The maximum atomic E-state index is 13.6. The number of carbonyl (C=O) groups excluding carboxylic acids is 2. The standard InChI is InChI=1S/C34H42ClN5O5/c1-18(2)14-27(34(43)44)37-28(41)17-36-33(42)32-25(12-9-13-45-23-15-19(3)30(35)20(4)16-23)24-10-8-11-26(31(24)38-32)29-21(5)39-40(7)22(29)6/h8,10-11,15-16,18,27,38H,9,12-14,17H2,1-7H3,(H,36,42)(H,37,41)(H,43,44)/t27-/m0/s1. The van der Waals surface area contributed by atoms with Crippen LogP contribution in [0.3, 0.4) is 0 Å². The van der Waals surface area contributed by atoms with Gasteiger partial charge in [0.15, 0.2) is 0 Å². The van der Waals surface area contributed by atoms with Crippen molar-refractivity contribution in [3.05, 3.63) is 69.1 Å². The Balaban J connectivity index is 1.60. The van der Waals surface area contributed by atoms with E-state index in [0.29, 0.717) is 25.1 Å². The van der Waals surface area contributed by atoms with Crippen LogP contribution in [0.25, 0.3) is 22.0 Å². The topological polar surface area (TPSA) is 138 Å². The van der Waals surface area contributed by atoms with Crippen LogP contribution in [0.5, 0.6) is 5.75 Å². The Morgan fingerprint density at radius 1 is 1.11 bits per heavy atom. The maximum Gasteiger partial charge on any atom is 0.326 e. The number of rotatable bonds is 13. The van der Waals surface area contributed by atoms with E-state index in [2.05, 4.69) is 20.7 Å². The number of aromatic nitrogens is 3. The van der Waals surface area contributed by atoms with Gasteiger partial charge in [-0.15, -0.1) is 0 Å². The molecule has 0 saturated carbocycles. The van der Waals surface area contributed by atoms with Gasteiger partial charge in [0.2, 0.25) is 5.91 Å². The number of fused-ring (bicyclic) bond motifs is 1. The third-order valence-corrected chi connectivity index (χ3v) is 8.54. The molecule has 0 saturated heterocycles. The van der Waals surface area contributed by atoms with Gasteiger partial charge in [0.1, 0.15) is 17.5 Å². The number of amides is 2. The summed E-state index contributed by atoms with van der Waals surface area (Å²) in [6.45, 7) is 11.7. The van der Waals surface area contributed by atoms with Crippen LogP contribution in [-0.2, 0) is 23.1 Å². The number of carboxylic acids is 1. The molecule has 240 valence electrons. The monoisotopic (exact) mass is 635 g/mol. The average Bonchev–Trinajstić information content (AvgIpc) is 3.47. The second-order valence-electron chi connectivity index (χ2n) is 12.0. The zero-order chi connectivity index (χ0) is 33.0. The van der Waals surface area contributed by atoms with Crippen molar-refractivity contribution in [2.24, 2.45) is 13.0 Å². The summed E-state index contributed by atoms with van der Waals surface area (Å²) in [5.74, 6) is -1.33. The highest BCUT2D eigenvalue weighted by Gasteiger charge is 2.24. The molecule has 2 aromatic heterocycles. The van der Waals surface area contributed by atoms with Gasteiger partial charge in [0, 0.05) is 34.3 Å². The summed E-state index contributed by atoms with van der Waals surface area (Å²) in [6.07, 6.45) is 1.44. The molecule has 0 aliphatic carbocycles. The molecule has 0 aliphatic heterocycles. The first-order valence-electron chi connectivity index (χ1n) is 15.1. The van der Waals surface area contributed by atoms with E-state index < -0.39 is 23.8 Å². The zero-order valence-corrected chi connectivity index (χ0v) is 27.7. The van der Waals surface area contributed by atoms with Crippen LogP contribution >= 0.6 is 11.6 Å². The van der Waals surface area contributed by atoms with Gasteiger partial charge in [-0.1, -0.05) is 43.6 Å². The molecule has 0 spiro atoms. The number of aromatic amines is 1. The molecular formula is C34H42ClN5O5. The molecule has 11 heteroatoms. The summed E-state index contributed by atoms with van der Waals surface area (Å²) in [5, 5.41) is 20.9. The molecule has 45 heavy (non-hydrogen) atoms. The quantitative estimate of drug-likeness (QED) is 0.137. The first kappa shape index (κ1) is 33.6. The molecule has 0 fully saturated rings. The number of carboxylic acid groups (broad SMARTS) is 1. The van der Waals surface area contributed by atoms with Gasteiger partial charge in [-0.3, -0.25) is 14.3 Å². The number of ether oxygens (including phenoxy) is 1. The Kier molecular flexibility index (Phi) is 10.6. The summed E-state index contributed by atoms with van der Waals surface area (Å²) in [5.41, 5.74) is 7.62. The lowest BCUT2D eigenvalue weighted by Crippen LogP contribution is -2.46. The maximum absolute atomic E-state index is 13.6. The minimum atomic E-state index is -1.11. The summed E-state index contributed by atoms with van der Waals surface area (Å²) in [6, 6.07) is 8.74. The molecule has 0 bridgehead atoms. The molecule has 1 atom stereocenters. The molecular weight excluding hydrogens is 594 g/mol. The van der Waals surface area contributed by atoms with Gasteiger partial charge in [-0.25, -0.2) is 4.79 Å². The molecule has 2 heterocycles. The minimum Gasteiger partial charge on any atom is -0.494 e. The van der Waals surface area contributed by atoms with Crippen LogP contribution in [0.2, 0.25) is 5.02 Å². The molecule has 2 aromatic carbocycles. The highest BCUT2D eigenvalue weighted by molar-refractivity contribution is 6.32. The fraction of sp³-hybridized carbons (Fsp3) is 0.412. The third kappa shape index (κ3) is 7.68.